The number of hydrogen-bond donors (Lipinski definition) is 1. The van der Waals surface area contributed by atoms with E-state index < -0.39 is 24.3 Å². The predicted octanol–water partition coefficient (Wildman–Crippen LogP) is 14.4. The molecule has 380 valence electrons. The summed E-state index contributed by atoms with van der Waals surface area (Å²) in [4.78, 5) is 53.9. The van der Waals surface area contributed by atoms with Gasteiger partial charge in [-0.3, -0.25) is 14.4 Å². The van der Waals surface area contributed by atoms with Gasteiger partial charge in [0.05, 0.1) is 0 Å². The summed E-state index contributed by atoms with van der Waals surface area (Å²) in [5, 5.41) is 2.88. The number of nitrogens with one attached hydrogen (secondary N) is 1. The van der Waals surface area contributed by atoms with Crippen LogP contribution in [0.1, 0.15) is 227 Å². The Labute approximate surface area is 403 Å². The van der Waals surface area contributed by atoms with Crippen molar-refractivity contribution in [3.8, 4) is 0 Å². The third-order valence-electron chi connectivity index (χ3n) is 12.4. The third kappa shape index (κ3) is 38.7. The molecule has 0 aromatic heterocycles. The van der Waals surface area contributed by atoms with Crippen LogP contribution in [0.15, 0.2) is 48.6 Å². The number of carbonyl (C=O) groups excluding carboxylic acids is 4. The number of likely N-dealkylation sites (tertiary alicyclic amines) is 1. The minimum absolute atomic E-state index is 0.0161. The number of ether oxygens (including phenoxy) is 4. The second-order valence-corrected chi connectivity index (χ2v) is 18.4. The van der Waals surface area contributed by atoms with E-state index in [9.17, 15) is 19.2 Å². The topological polar surface area (TPSA) is 120 Å². The van der Waals surface area contributed by atoms with Gasteiger partial charge in [-0.1, -0.05) is 153 Å². The minimum Gasteiger partial charge on any atom is -0.462 e. The van der Waals surface area contributed by atoms with E-state index in [-0.39, 0.29) is 44.4 Å². The fourth-order valence-corrected chi connectivity index (χ4v) is 8.05. The zero-order valence-corrected chi connectivity index (χ0v) is 42.7. The number of unbranched alkanes of at least 4 members (excludes halogenated alkanes) is 16. The summed E-state index contributed by atoms with van der Waals surface area (Å²) >= 11 is 0. The lowest BCUT2D eigenvalue weighted by molar-refractivity contribution is -0.167. The Kier molecular flexibility index (Phi) is 41.7. The highest BCUT2D eigenvalue weighted by atomic mass is 16.6. The average Bonchev–Trinajstić information content (AvgIpc) is 3.84. The van der Waals surface area contributed by atoms with Gasteiger partial charge in [0.2, 0.25) is 0 Å². The first kappa shape index (κ1) is 60.6. The zero-order chi connectivity index (χ0) is 48.0. The van der Waals surface area contributed by atoms with Crippen LogP contribution in [0.5, 0.6) is 0 Å². The molecule has 0 aromatic rings. The summed E-state index contributed by atoms with van der Waals surface area (Å²) in [6.07, 6.45) is 46.3. The summed E-state index contributed by atoms with van der Waals surface area (Å²) in [6, 6.07) is 0. The molecule has 1 heterocycles. The minimum atomic E-state index is -0.924. The van der Waals surface area contributed by atoms with E-state index in [0.717, 1.165) is 122 Å². The van der Waals surface area contributed by atoms with Crippen LogP contribution in [0, 0.1) is 5.92 Å². The van der Waals surface area contributed by atoms with Crippen molar-refractivity contribution in [2.45, 2.75) is 239 Å². The van der Waals surface area contributed by atoms with Crippen molar-refractivity contribution in [1.82, 2.24) is 10.2 Å². The molecule has 1 rings (SSSR count). The number of allylic oxidation sites excluding steroid dienone is 8. The van der Waals surface area contributed by atoms with Gasteiger partial charge in [-0.25, -0.2) is 4.79 Å². The van der Waals surface area contributed by atoms with E-state index in [1.807, 2.05) is 0 Å². The van der Waals surface area contributed by atoms with Crippen molar-refractivity contribution in [1.29, 1.82) is 0 Å². The normalized spacial score (nSPS) is 14.3. The van der Waals surface area contributed by atoms with Crippen LogP contribution in [-0.4, -0.2) is 80.5 Å². The lowest BCUT2D eigenvalue weighted by Gasteiger charge is -2.23. The third-order valence-corrected chi connectivity index (χ3v) is 12.4. The number of carbonyl (C=O) groups is 4. The van der Waals surface area contributed by atoms with E-state index in [1.54, 1.807) is 0 Å². The number of esters is 3. The second-order valence-electron chi connectivity index (χ2n) is 18.4. The molecule has 1 saturated heterocycles. The summed E-state index contributed by atoms with van der Waals surface area (Å²) in [5.74, 6) is -0.864. The van der Waals surface area contributed by atoms with E-state index in [4.69, 9.17) is 18.9 Å². The monoisotopic (exact) mass is 927 g/mol. The Hall–Kier alpha value is -3.40. The van der Waals surface area contributed by atoms with Gasteiger partial charge in [0.1, 0.15) is 19.3 Å². The fraction of sp³-hybridized carbons (Fsp3) is 0.786. The molecule has 0 aliphatic carbocycles. The number of rotatable bonds is 44. The molecule has 0 saturated carbocycles. The molecular formula is C56H98N2O8. The Morgan fingerprint density at radius 2 is 0.970 bits per heavy atom. The Balaban J connectivity index is 2.56. The summed E-state index contributed by atoms with van der Waals surface area (Å²) in [6.45, 7) is 11.8. The van der Waals surface area contributed by atoms with Gasteiger partial charge in [-0.15, -0.1) is 0 Å². The van der Waals surface area contributed by atoms with Gasteiger partial charge in [0.25, 0.3) is 0 Å². The molecule has 1 N–H and O–H groups in total. The first-order valence-electron chi connectivity index (χ1n) is 27.1. The van der Waals surface area contributed by atoms with Gasteiger partial charge in [0.15, 0.2) is 6.10 Å². The van der Waals surface area contributed by atoms with Gasteiger partial charge >= 0.3 is 24.0 Å². The van der Waals surface area contributed by atoms with Gasteiger partial charge in [-0.2, -0.15) is 0 Å². The molecule has 0 radical (unpaired) electrons. The number of alkyl carbamates (subject to hydrolysis) is 1. The molecule has 10 nitrogen and oxygen atoms in total. The highest BCUT2D eigenvalue weighted by Gasteiger charge is 2.24. The predicted molar refractivity (Wildman–Crippen MR) is 272 cm³/mol. The van der Waals surface area contributed by atoms with E-state index in [0.29, 0.717) is 25.3 Å². The number of hydrogen-bond acceptors (Lipinski definition) is 9. The van der Waals surface area contributed by atoms with Crippen LogP contribution in [-0.2, 0) is 33.3 Å². The summed E-state index contributed by atoms with van der Waals surface area (Å²) in [5.41, 5.74) is 0. The lowest BCUT2D eigenvalue weighted by atomic mass is 9.94. The quantitative estimate of drug-likeness (QED) is 0.0276. The smallest absolute Gasteiger partial charge is 0.407 e. The largest absolute Gasteiger partial charge is 0.462 e. The van der Waals surface area contributed by atoms with E-state index >= 15 is 0 Å². The van der Waals surface area contributed by atoms with Crippen molar-refractivity contribution >= 4 is 24.0 Å². The molecular weight excluding hydrogens is 829 g/mol. The van der Waals surface area contributed by atoms with Crippen LogP contribution >= 0.6 is 0 Å². The van der Waals surface area contributed by atoms with E-state index in [1.165, 1.54) is 64.2 Å². The molecule has 10 heteroatoms. The molecule has 2 atom stereocenters. The van der Waals surface area contributed by atoms with Crippen molar-refractivity contribution in [2.24, 2.45) is 5.92 Å². The zero-order valence-electron chi connectivity index (χ0n) is 42.7. The Morgan fingerprint density at radius 3 is 1.44 bits per heavy atom. The van der Waals surface area contributed by atoms with Crippen LogP contribution in [0.3, 0.4) is 0 Å². The fourth-order valence-electron chi connectivity index (χ4n) is 8.05. The number of nitrogens with zero attached hydrogens (tertiary/aromatic N) is 1. The van der Waals surface area contributed by atoms with Crippen molar-refractivity contribution in [2.75, 3.05) is 39.4 Å². The Morgan fingerprint density at radius 1 is 0.515 bits per heavy atom. The number of amides is 1. The molecule has 1 aliphatic heterocycles. The van der Waals surface area contributed by atoms with Gasteiger partial charge in [0, 0.05) is 32.4 Å². The SMILES string of the molecule is CCCCCC=CCC=CCCCCCCCC(=O)OCC(COC(=O)CCCCCCC/C=C\C/C=C\CCCCC)OC(=O)CCC(CC(CC)CC)OC(=O)NCCN1CCCC1. The van der Waals surface area contributed by atoms with Gasteiger partial charge < -0.3 is 29.2 Å². The maximum Gasteiger partial charge on any atom is 0.407 e. The van der Waals surface area contributed by atoms with Gasteiger partial charge in [-0.05, 0) is 122 Å². The van der Waals surface area contributed by atoms with Crippen molar-refractivity contribution < 1.29 is 38.1 Å². The first-order chi connectivity index (χ1) is 32.3. The first-order valence-corrected chi connectivity index (χ1v) is 27.1. The highest BCUT2D eigenvalue weighted by molar-refractivity contribution is 5.71. The maximum atomic E-state index is 13.3. The molecule has 66 heavy (non-hydrogen) atoms. The van der Waals surface area contributed by atoms with Crippen LogP contribution in [0.25, 0.3) is 0 Å². The standard InChI is InChI=1S/C56H98N2O8/c1-5-9-11-13-15-17-19-21-23-25-27-29-31-33-35-39-53(59)63-48-52(49-64-54(60)40-36-34-32-30-28-26-24-22-20-18-16-14-12-10-6-2)65-55(61)42-41-51(47-50(7-3)8-4)66-56(62)57-43-46-58-44-37-38-45-58/h15-18,21-24,50-52H,5-14,19-20,25-49H2,1-4H3,(H,57,62)/b17-15-,18-16?,23-21-,24-22?. The molecule has 2 unspecified atom stereocenters. The maximum absolute atomic E-state index is 13.3. The summed E-state index contributed by atoms with van der Waals surface area (Å²) in [7, 11) is 0. The van der Waals surface area contributed by atoms with Crippen molar-refractivity contribution in [3.63, 3.8) is 0 Å². The van der Waals surface area contributed by atoms with E-state index in [2.05, 4.69) is 86.5 Å². The molecule has 0 bridgehead atoms. The Bertz CT molecular complexity index is 1240. The highest BCUT2D eigenvalue weighted by Crippen LogP contribution is 2.21. The lowest BCUT2D eigenvalue weighted by Crippen LogP contribution is -2.36. The molecule has 0 aromatic carbocycles. The molecule has 1 fully saturated rings. The molecule has 0 spiro atoms. The summed E-state index contributed by atoms with van der Waals surface area (Å²) < 4.78 is 22.8. The van der Waals surface area contributed by atoms with Crippen LogP contribution < -0.4 is 5.32 Å². The second kappa shape index (κ2) is 45.4. The average molecular weight is 927 g/mol. The molecule has 1 aliphatic rings. The molecule has 1 amide bonds. The van der Waals surface area contributed by atoms with Crippen LogP contribution in [0.2, 0.25) is 0 Å². The van der Waals surface area contributed by atoms with Crippen molar-refractivity contribution in [3.05, 3.63) is 48.6 Å². The van der Waals surface area contributed by atoms with Crippen LogP contribution in [0.4, 0.5) is 4.79 Å².